The number of aliphatic hydroxyl groups is 1. The van der Waals surface area contributed by atoms with Gasteiger partial charge in [-0.05, 0) is 37.1 Å². The maximum atomic E-state index is 12.9. The van der Waals surface area contributed by atoms with Crippen LogP contribution in [0.15, 0.2) is 48.9 Å². The van der Waals surface area contributed by atoms with Crippen LogP contribution >= 0.6 is 0 Å². The van der Waals surface area contributed by atoms with E-state index in [9.17, 15) is 9.90 Å². The number of hydrogen-bond acceptors (Lipinski definition) is 5. The largest absolute Gasteiger partial charge is 0.382 e. The van der Waals surface area contributed by atoms with Crippen molar-refractivity contribution in [3.05, 3.63) is 60.2 Å². The van der Waals surface area contributed by atoms with Crippen molar-refractivity contribution in [3.8, 4) is 5.69 Å². The number of H-pyrrole nitrogens is 1. The summed E-state index contributed by atoms with van der Waals surface area (Å²) in [6.07, 6.45) is 6.28. The molecule has 0 aliphatic carbocycles. The minimum atomic E-state index is -1.17. The first kappa shape index (κ1) is 15.5. The van der Waals surface area contributed by atoms with Crippen LogP contribution in [0.4, 0.5) is 0 Å². The lowest BCUT2D eigenvalue weighted by Crippen LogP contribution is -2.48. The van der Waals surface area contributed by atoms with Gasteiger partial charge in [-0.1, -0.05) is 6.07 Å². The van der Waals surface area contributed by atoms with Crippen molar-refractivity contribution < 1.29 is 9.90 Å². The molecule has 1 atom stereocenters. The Bertz CT molecular complexity index is 861. The third-order valence-corrected chi connectivity index (χ3v) is 4.51. The average molecular weight is 338 g/mol. The number of hydrogen-bond donors (Lipinski definition) is 2. The zero-order chi connectivity index (χ0) is 17.3. The van der Waals surface area contributed by atoms with E-state index >= 15 is 0 Å². The Morgan fingerprint density at radius 2 is 2.24 bits per heavy atom. The van der Waals surface area contributed by atoms with Crippen LogP contribution in [-0.2, 0) is 5.60 Å². The molecule has 25 heavy (non-hydrogen) atoms. The summed E-state index contributed by atoms with van der Waals surface area (Å²) >= 11 is 0. The molecular weight excluding hydrogens is 320 g/mol. The van der Waals surface area contributed by atoms with Crippen LogP contribution < -0.4 is 0 Å². The molecule has 1 amide bonds. The molecule has 0 saturated carbocycles. The van der Waals surface area contributed by atoms with Gasteiger partial charge in [-0.25, -0.2) is 4.68 Å². The van der Waals surface area contributed by atoms with Crippen LogP contribution in [0.25, 0.3) is 5.69 Å². The van der Waals surface area contributed by atoms with Crippen molar-refractivity contribution in [2.24, 2.45) is 0 Å². The quantitative estimate of drug-likeness (QED) is 0.745. The number of aromatic nitrogens is 5. The molecule has 0 bridgehead atoms. The fourth-order valence-electron chi connectivity index (χ4n) is 3.23. The van der Waals surface area contributed by atoms with Gasteiger partial charge < -0.3 is 10.0 Å². The topological polar surface area (TPSA) is 99.9 Å². The van der Waals surface area contributed by atoms with Crippen molar-refractivity contribution in [2.45, 2.75) is 18.4 Å². The van der Waals surface area contributed by atoms with E-state index in [0.717, 1.165) is 5.69 Å². The Kier molecular flexibility index (Phi) is 3.81. The SMILES string of the molecule is O=C(c1cccc(-n2cccn2)c1)N1CCCC(O)(c2cn[nH]n2)C1. The molecule has 0 radical (unpaired) electrons. The number of nitrogens with zero attached hydrogens (tertiary/aromatic N) is 5. The van der Waals surface area contributed by atoms with Gasteiger partial charge in [0.2, 0.25) is 0 Å². The van der Waals surface area contributed by atoms with Crippen LogP contribution in [0.5, 0.6) is 0 Å². The number of aromatic amines is 1. The minimum absolute atomic E-state index is 0.115. The second kappa shape index (κ2) is 6.14. The summed E-state index contributed by atoms with van der Waals surface area (Å²) in [7, 11) is 0. The molecule has 1 aliphatic rings. The van der Waals surface area contributed by atoms with E-state index in [1.54, 1.807) is 27.9 Å². The molecule has 3 heterocycles. The Hall–Kier alpha value is -3.00. The predicted molar refractivity (Wildman–Crippen MR) is 89.0 cm³/mol. The normalized spacial score (nSPS) is 20.6. The van der Waals surface area contributed by atoms with Gasteiger partial charge in [-0.3, -0.25) is 4.79 Å². The lowest BCUT2D eigenvalue weighted by atomic mass is 9.89. The highest BCUT2D eigenvalue weighted by atomic mass is 16.3. The first-order valence-electron chi connectivity index (χ1n) is 8.14. The predicted octanol–water partition coefficient (Wildman–Crippen LogP) is 1.11. The first-order valence-corrected chi connectivity index (χ1v) is 8.14. The van der Waals surface area contributed by atoms with Crippen molar-refractivity contribution in [1.29, 1.82) is 0 Å². The van der Waals surface area contributed by atoms with Gasteiger partial charge in [0.05, 0.1) is 18.4 Å². The van der Waals surface area contributed by atoms with Crippen LogP contribution in [0.3, 0.4) is 0 Å². The van der Waals surface area contributed by atoms with Crippen molar-refractivity contribution in [2.75, 3.05) is 13.1 Å². The summed E-state index contributed by atoms with van der Waals surface area (Å²) in [6.45, 7) is 0.801. The van der Waals surface area contributed by atoms with Gasteiger partial charge in [-0.15, -0.1) is 0 Å². The molecule has 1 fully saturated rings. The maximum absolute atomic E-state index is 12.9. The fraction of sp³-hybridized carbons (Fsp3) is 0.294. The van der Waals surface area contributed by atoms with Gasteiger partial charge in [0, 0.05) is 24.5 Å². The van der Waals surface area contributed by atoms with Crippen LogP contribution in [0.2, 0.25) is 0 Å². The molecule has 8 nitrogen and oxygen atoms in total. The first-order chi connectivity index (χ1) is 12.2. The third kappa shape index (κ3) is 2.91. The zero-order valence-electron chi connectivity index (χ0n) is 13.5. The number of rotatable bonds is 3. The Morgan fingerprint density at radius 1 is 1.32 bits per heavy atom. The van der Waals surface area contributed by atoms with Gasteiger partial charge in [0.15, 0.2) is 0 Å². The molecule has 8 heteroatoms. The highest BCUT2D eigenvalue weighted by molar-refractivity contribution is 5.94. The van der Waals surface area contributed by atoms with E-state index < -0.39 is 5.60 Å². The number of likely N-dealkylation sites (tertiary alicyclic amines) is 1. The molecule has 1 aliphatic heterocycles. The van der Waals surface area contributed by atoms with Crippen LogP contribution in [0, 0.1) is 0 Å². The Labute approximate surface area is 144 Å². The average Bonchev–Trinajstić information content (AvgIpc) is 3.35. The molecular formula is C17H18N6O2. The molecule has 4 rings (SSSR count). The third-order valence-electron chi connectivity index (χ3n) is 4.51. The van der Waals surface area contributed by atoms with Crippen LogP contribution in [0.1, 0.15) is 28.9 Å². The van der Waals surface area contributed by atoms with E-state index in [0.29, 0.717) is 30.6 Å². The van der Waals surface area contributed by atoms with Crippen LogP contribution in [-0.4, -0.2) is 54.2 Å². The summed E-state index contributed by atoms with van der Waals surface area (Å²) in [5, 5.41) is 25.3. The number of carbonyl (C=O) groups is 1. The summed E-state index contributed by atoms with van der Waals surface area (Å²) < 4.78 is 1.71. The summed E-state index contributed by atoms with van der Waals surface area (Å²) in [5.41, 5.74) is 0.688. The maximum Gasteiger partial charge on any atom is 0.254 e. The molecule has 1 unspecified atom stereocenters. The highest BCUT2D eigenvalue weighted by Crippen LogP contribution is 2.30. The van der Waals surface area contributed by atoms with Crippen molar-refractivity contribution in [3.63, 3.8) is 0 Å². The molecule has 1 aromatic carbocycles. The number of amides is 1. The highest BCUT2D eigenvalue weighted by Gasteiger charge is 2.39. The number of benzene rings is 1. The molecule has 128 valence electrons. The van der Waals surface area contributed by atoms with Gasteiger partial charge in [-0.2, -0.15) is 20.5 Å². The van der Waals surface area contributed by atoms with E-state index in [1.807, 2.05) is 24.4 Å². The standard InChI is InChI=1S/C17H18N6O2/c24-16(13-4-1-5-14(10-13)23-9-3-7-19-23)22-8-2-6-17(25,12-22)15-11-18-21-20-15/h1,3-5,7,9-11,25H,2,6,8,12H2,(H,18,20,21). The summed E-state index contributed by atoms with van der Waals surface area (Å²) in [5.74, 6) is -0.115. The fourth-order valence-corrected chi connectivity index (χ4v) is 3.23. The molecule has 0 spiro atoms. The van der Waals surface area contributed by atoms with E-state index in [-0.39, 0.29) is 12.5 Å². The Balaban J connectivity index is 1.58. The second-order valence-corrected chi connectivity index (χ2v) is 6.22. The smallest absolute Gasteiger partial charge is 0.254 e. The number of β-amino-alcohol motifs (C(OH)–C–C–N with tert-alkyl or cyclic N) is 1. The molecule has 2 aromatic heterocycles. The summed E-state index contributed by atoms with van der Waals surface area (Å²) in [6, 6.07) is 9.14. The van der Waals surface area contributed by atoms with Crippen molar-refractivity contribution >= 4 is 5.91 Å². The number of nitrogens with one attached hydrogen (secondary N) is 1. The second-order valence-electron chi connectivity index (χ2n) is 6.22. The molecule has 1 saturated heterocycles. The van der Waals surface area contributed by atoms with Gasteiger partial charge >= 0.3 is 0 Å². The minimum Gasteiger partial charge on any atom is -0.382 e. The number of carbonyl (C=O) groups excluding carboxylic acids is 1. The molecule has 3 aromatic rings. The van der Waals surface area contributed by atoms with Crippen molar-refractivity contribution in [1.82, 2.24) is 30.1 Å². The van der Waals surface area contributed by atoms with E-state index in [4.69, 9.17) is 0 Å². The number of piperidine rings is 1. The van der Waals surface area contributed by atoms with E-state index in [1.165, 1.54) is 6.20 Å². The summed E-state index contributed by atoms with van der Waals surface area (Å²) in [4.78, 5) is 14.6. The lowest BCUT2D eigenvalue weighted by Gasteiger charge is -2.38. The zero-order valence-corrected chi connectivity index (χ0v) is 13.5. The van der Waals surface area contributed by atoms with E-state index in [2.05, 4.69) is 20.5 Å². The monoisotopic (exact) mass is 338 g/mol. The lowest BCUT2D eigenvalue weighted by molar-refractivity contribution is -0.0320. The van der Waals surface area contributed by atoms with Gasteiger partial charge in [0.25, 0.3) is 5.91 Å². The van der Waals surface area contributed by atoms with Gasteiger partial charge in [0.1, 0.15) is 11.3 Å². The molecule has 2 N–H and O–H groups in total. The Morgan fingerprint density at radius 3 is 3.00 bits per heavy atom.